The lowest BCUT2D eigenvalue weighted by atomic mass is 10.1. The number of nitrogens with one attached hydrogen (secondary N) is 1. The van der Waals surface area contributed by atoms with E-state index in [0.29, 0.717) is 32.7 Å². The van der Waals surface area contributed by atoms with Crippen molar-refractivity contribution in [2.45, 2.75) is 72.4 Å². The Hall–Kier alpha value is -1.30. The van der Waals surface area contributed by atoms with Crippen molar-refractivity contribution in [2.75, 3.05) is 26.2 Å². The molecule has 0 radical (unpaired) electrons. The summed E-state index contributed by atoms with van der Waals surface area (Å²) in [7, 11) is 0. The summed E-state index contributed by atoms with van der Waals surface area (Å²) in [5, 5.41) is 3.25. The Balaban J connectivity index is 4.18. The molecule has 0 aliphatic heterocycles. The Labute approximate surface area is 140 Å². The van der Waals surface area contributed by atoms with E-state index in [0.717, 1.165) is 6.42 Å². The van der Waals surface area contributed by atoms with Gasteiger partial charge in [-0.15, -0.1) is 0 Å². The molecule has 136 valence electrons. The third-order valence-electron chi connectivity index (χ3n) is 2.98. The maximum Gasteiger partial charge on any atom is 0.410 e. The number of carbonyl (C=O) groups is 2. The fourth-order valence-corrected chi connectivity index (χ4v) is 1.92. The van der Waals surface area contributed by atoms with Crippen LogP contribution in [-0.4, -0.2) is 54.3 Å². The number of rotatable bonds is 8. The molecular formula is C17H34N2O4. The molecule has 0 bridgehead atoms. The molecule has 0 unspecified atom stereocenters. The van der Waals surface area contributed by atoms with Crippen molar-refractivity contribution in [2.24, 2.45) is 0 Å². The molecule has 0 aromatic heterocycles. The summed E-state index contributed by atoms with van der Waals surface area (Å²) in [6, 6.07) is 0. The predicted molar refractivity (Wildman–Crippen MR) is 91.4 cm³/mol. The summed E-state index contributed by atoms with van der Waals surface area (Å²) >= 11 is 0. The largest absolute Gasteiger partial charge is 0.466 e. The van der Waals surface area contributed by atoms with Crippen molar-refractivity contribution in [3.8, 4) is 0 Å². The average molecular weight is 330 g/mol. The Kier molecular flexibility index (Phi) is 9.20. The first-order valence-corrected chi connectivity index (χ1v) is 8.34. The molecule has 6 nitrogen and oxygen atoms in total. The molecule has 0 aliphatic rings. The van der Waals surface area contributed by atoms with Crippen molar-refractivity contribution < 1.29 is 19.1 Å². The number of hydrogen-bond acceptors (Lipinski definition) is 5. The summed E-state index contributed by atoms with van der Waals surface area (Å²) in [6.07, 6.45) is 0.828. The van der Waals surface area contributed by atoms with Gasteiger partial charge in [0.05, 0.1) is 6.61 Å². The molecule has 0 rings (SSSR count). The average Bonchev–Trinajstić information content (AvgIpc) is 2.34. The normalized spacial score (nSPS) is 12.0. The summed E-state index contributed by atoms with van der Waals surface area (Å²) < 4.78 is 10.3. The van der Waals surface area contributed by atoms with Gasteiger partial charge in [0.1, 0.15) is 5.60 Å². The van der Waals surface area contributed by atoms with Crippen LogP contribution in [-0.2, 0) is 14.3 Å². The van der Waals surface area contributed by atoms with Gasteiger partial charge in [0.2, 0.25) is 0 Å². The van der Waals surface area contributed by atoms with Crippen LogP contribution in [0.15, 0.2) is 0 Å². The van der Waals surface area contributed by atoms with Gasteiger partial charge in [-0.1, -0.05) is 0 Å². The van der Waals surface area contributed by atoms with E-state index >= 15 is 0 Å². The number of esters is 1. The number of nitrogens with zero attached hydrogens (tertiary/aromatic N) is 1. The van der Waals surface area contributed by atoms with E-state index < -0.39 is 5.60 Å². The quantitative estimate of drug-likeness (QED) is 0.547. The summed E-state index contributed by atoms with van der Waals surface area (Å²) in [4.78, 5) is 25.2. The van der Waals surface area contributed by atoms with Crippen LogP contribution >= 0.6 is 0 Å². The number of ether oxygens (including phenoxy) is 2. The molecule has 6 heteroatoms. The summed E-state index contributed by atoms with van der Waals surface area (Å²) in [6.45, 7) is 15.7. The monoisotopic (exact) mass is 330 g/mol. The van der Waals surface area contributed by atoms with Crippen LogP contribution in [0.2, 0.25) is 0 Å². The highest BCUT2D eigenvalue weighted by molar-refractivity contribution is 5.69. The van der Waals surface area contributed by atoms with Gasteiger partial charge in [-0.3, -0.25) is 4.79 Å². The van der Waals surface area contributed by atoms with Gasteiger partial charge in [-0.2, -0.15) is 0 Å². The van der Waals surface area contributed by atoms with Gasteiger partial charge in [-0.05, 0) is 61.4 Å². The zero-order valence-corrected chi connectivity index (χ0v) is 15.8. The van der Waals surface area contributed by atoms with E-state index in [1.54, 1.807) is 11.8 Å². The highest BCUT2D eigenvalue weighted by Gasteiger charge is 2.30. The molecule has 1 amide bonds. The van der Waals surface area contributed by atoms with Gasteiger partial charge in [-0.25, -0.2) is 4.79 Å². The lowest BCUT2D eigenvalue weighted by Crippen LogP contribution is -2.50. The summed E-state index contributed by atoms with van der Waals surface area (Å²) in [5.74, 6) is -0.167. The minimum Gasteiger partial charge on any atom is -0.466 e. The molecule has 0 aromatic carbocycles. The van der Waals surface area contributed by atoms with E-state index in [9.17, 15) is 9.59 Å². The molecule has 1 N–H and O–H groups in total. The first kappa shape index (κ1) is 21.7. The topological polar surface area (TPSA) is 67.9 Å². The highest BCUT2D eigenvalue weighted by atomic mass is 16.6. The van der Waals surface area contributed by atoms with E-state index in [1.807, 2.05) is 41.5 Å². The molecule has 0 saturated heterocycles. The van der Waals surface area contributed by atoms with Gasteiger partial charge >= 0.3 is 12.1 Å². The molecule has 0 heterocycles. The minimum absolute atomic E-state index is 0.167. The van der Waals surface area contributed by atoms with Crippen molar-refractivity contribution in [3.63, 3.8) is 0 Å². The molecule has 0 saturated carbocycles. The predicted octanol–water partition coefficient (Wildman–Crippen LogP) is 2.95. The van der Waals surface area contributed by atoms with Crippen molar-refractivity contribution in [1.29, 1.82) is 0 Å². The van der Waals surface area contributed by atoms with Gasteiger partial charge in [0, 0.05) is 25.0 Å². The van der Waals surface area contributed by atoms with Gasteiger partial charge < -0.3 is 19.7 Å². The second kappa shape index (κ2) is 9.75. The molecule has 0 aromatic rings. The van der Waals surface area contributed by atoms with E-state index in [2.05, 4.69) is 5.32 Å². The van der Waals surface area contributed by atoms with Gasteiger partial charge in [0.25, 0.3) is 0 Å². The first-order chi connectivity index (χ1) is 10.5. The Morgan fingerprint density at radius 1 is 1.04 bits per heavy atom. The number of hydrogen-bond donors (Lipinski definition) is 1. The maximum atomic E-state index is 12.3. The van der Waals surface area contributed by atoms with Crippen molar-refractivity contribution in [1.82, 2.24) is 10.2 Å². The third kappa shape index (κ3) is 11.0. The lowest BCUT2D eigenvalue weighted by Gasteiger charge is -2.36. The molecule has 0 atom stereocenters. The molecule has 0 spiro atoms. The van der Waals surface area contributed by atoms with Crippen molar-refractivity contribution in [3.05, 3.63) is 0 Å². The van der Waals surface area contributed by atoms with E-state index in [-0.39, 0.29) is 17.6 Å². The highest BCUT2D eigenvalue weighted by Crippen LogP contribution is 2.17. The third-order valence-corrected chi connectivity index (χ3v) is 2.98. The molecule has 0 fully saturated rings. The van der Waals surface area contributed by atoms with Crippen LogP contribution < -0.4 is 5.32 Å². The van der Waals surface area contributed by atoms with Crippen LogP contribution in [0, 0.1) is 0 Å². The van der Waals surface area contributed by atoms with Crippen LogP contribution in [0.1, 0.15) is 61.3 Å². The molecule has 23 heavy (non-hydrogen) atoms. The minimum atomic E-state index is -0.506. The van der Waals surface area contributed by atoms with Crippen molar-refractivity contribution >= 4 is 12.1 Å². The van der Waals surface area contributed by atoms with Gasteiger partial charge in [0.15, 0.2) is 0 Å². The number of amides is 1. The number of carbonyl (C=O) groups excluding carboxylic acids is 2. The van der Waals surface area contributed by atoms with Crippen LogP contribution in [0.25, 0.3) is 0 Å². The standard InChI is InChI=1S/C17H34N2O4/c1-8-22-14(20)10-9-11-18-12-13-19(16(2,3)4)15(21)23-17(5,6)7/h18H,8-13H2,1-7H3. The Bertz CT molecular complexity index is 370. The van der Waals surface area contributed by atoms with E-state index in [4.69, 9.17) is 9.47 Å². The lowest BCUT2D eigenvalue weighted by molar-refractivity contribution is -0.143. The van der Waals surface area contributed by atoms with Crippen LogP contribution in [0.4, 0.5) is 4.79 Å². The molecular weight excluding hydrogens is 296 g/mol. The Morgan fingerprint density at radius 2 is 1.65 bits per heavy atom. The fourth-order valence-electron chi connectivity index (χ4n) is 1.92. The fraction of sp³-hybridized carbons (Fsp3) is 0.882. The SMILES string of the molecule is CCOC(=O)CCCNCCN(C(=O)OC(C)(C)C)C(C)(C)C. The zero-order valence-electron chi connectivity index (χ0n) is 15.8. The molecule has 0 aliphatic carbocycles. The second-order valence-electron chi connectivity index (χ2n) is 7.46. The Morgan fingerprint density at radius 3 is 2.13 bits per heavy atom. The maximum absolute atomic E-state index is 12.3. The van der Waals surface area contributed by atoms with Crippen LogP contribution in [0.5, 0.6) is 0 Å². The zero-order chi connectivity index (χ0) is 18.1. The second-order valence-corrected chi connectivity index (χ2v) is 7.46. The van der Waals surface area contributed by atoms with Crippen LogP contribution in [0.3, 0.4) is 0 Å². The van der Waals surface area contributed by atoms with E-state index in [1.165, 1.54) is 0 Å². The first-order valence-electron chi connectivity index (χ1n) is 8.34. The smallest absolute Gasteiger partial charge is 0.410 e. The summed E-state index contributed by atoms with van der Waals surface area (Å²) in [5.41, 5.74) is -0.817.